The molecule has 4 rings (SSSR count). The van der Waals surface area contributed by atoms with Gasteiger partial charge in [-0.3, -0.25) is 0 Å². The lowest BCUT2D eigenvalue weighted by Crippen LogP contribution is -2.27. The second kappa shape index (κ2) is 8.49. The summed E-state index contributed by atoms with van der Waals surface area (Å²) in [5, 5.41) is 0. The van der Waals surface area contributed by atoms with Crippen molar-refractivity contribution in [2.75, 3.05) is 6.61 Å². The third kappa shape index (κ3) is 4.84. The standard InChI is InChI=1S/C24H34F2O/c1-16-2-13-22(24(26)23(16)25)27-15-19-7-11-21(12-8-19)20-9-5-18(6-10-20)14-17-3-4-17/h2,13,17-21H,3-12,14-15H2,1H3. The molecular weight excluding hydrogens is 342 g/mol. The quantitative estimate of drug-likeness (QED) is 0.516. The van der Waals surface area contributed by atoms with Gasteiger partial charge in [0.25, 0.3) is 0 Å². The zero-order valence-corrected chi connectivity index (χ0v) is 16.7. The van der Waals surface area contributed by atoms with Gasteiger partial charge in [0.15, 0.2) is 11.6 Å². The van der Waals surface area contributed by atoms with Crippen LogP contribution in [0.1, 0.15) is 76.2 Å². The molecule has 0 amide bonds. The molecule has 0 N–H and O–H groups in total. The fourth-order valence-corrected chi connectivity index (χ4v) is 5.49. The van der Waals surface area contributed by atoms with Gasteiger partial charge in [-0.15, -0.1) is 0 Å². The monoisotopic (exact) mass is 376 g/mol. The summed E-state index contributed by atoms with van der Waals surface area (Å²) in [5.41, 5.74) is 0.326. The minimum absolute atomic E-state index is 0.0641. The first-order valence-electron chi connectivity index (χ1n) is 11.2. The SMILES string of the molecule is Cc1ccc(OCC2CCC(C3CCC(CC4CC4)CC3)CC2)c(F)c1F. The molecule has 3 heteroatoms. The fraction of sp³-hybridized carbons (Fsp3) is 0.750. The molecular formula is C24H34F2O. The molecule has 3 saturated carbocycles. The molecule has 0 radical (unpaired) electrons. The van der Waals surface area contributed by atoms with Gasteiger partial charge in [0, 0.05) is 0 Å². The third-order valence-electron chi connectivity index (χ3n) is 7.53. The summed E-state index contributed by atoms with van der Waals surface area (Å²) in [6.45, 7) is 2.09. The Morgan fingerprint density at radius 2 is 1.26 bits per heavy atom. The van der Waals surface area contributed by atoms with Crippen molar-refractivity contribution in [2.45, 2.75) is 77.6 Å². The number of ether oxygens (including phenoxy) is 1. The molecule has 0 saturated heterocycles. The molecule has 0 bridgehead atoms. The smallest absolute Gasteiger partial charge is 0.200 e. The lowest BCUT2D eigenvalue weighted by Gasteiger charge is -2.38. The number of halogens is 2. The van der Waals surface area contributed by atoms with E-state index < -0.39 is 11.6 Å². The number of rotatable bonds is 6. The Balaban J connectivity index is 1.19. The van der Waals surface area contributed by atoms with E-state index in [1.165, 1.54) is 70.6 Å². The van der Waals surface area contributed by atoms with Gasteiger partial charge in [-0.1, -0.05) is 31.7 Å². The number of aryl methyl sites for hydroxylation is 1. The second-order valence-electron chi connectivity index (χ2n) is 9.56. The summed E-state index contributed by atoms with van der Waals surface area (Å²) in [7, 11) is 0. The molecule has 3 fully saturated rings. The van der Waals surface area contributed by atoms with E-state index in [4.69, 9.17) is 4.74 Å². The first-order valence-corrected chi connectivity index (χ1v) is 11.2. The summed E-state index contributed by atoms with van der Waals surface area (Å²) >= 11 is 0. The predicted molar refractivity (Wildman–Crippen MR) is 105 cm³/mol. The minimum atomic E-state index is -0.841. The first-order chi connectivity index (χ1) is 13.1. The molecule has 3 aliphatic rings. The Labute approximate surface area is 162 Å². The summed E-state index contributed by atoms with van der Waals surface area (Å²) in [4.78, 5) is 0. The zero-order chi connectivity index (χ0) is 18.8. The van der Waals surface area contributed by atoms with E-state index >= 15 is 0 Å². The maximum atomic E-state index is 13.9. The molecule has 0 atom stereocenters. The maximum absolute atomic E-state index is 13.9. The predicted octanol–water partition coefficient (Wildman–Crippen LogP) is 7.06. The van der Waals surface area contributed by atoms with Crippen molar-refractivity contribution >= 4 is 0 Å². The number of hydrogen-bond donors (Lipinski definition) is 0. The van der Waals surface area contributed by atoms with Crippen molar-refractivity contribution in [3.8, 4) is 5.75 Å². The topological polar surface area (TPSA) is 9.23 Å². The van der Waals surface area contributed by atoms with Crippen LogP contribution in [-0.2, 0) is 0 Å². The van der Waals surface area contributed by atoms with Crippen molar-refractivity contribution in [2.24, 2.45) is 29.6 Å². The lowest BCUT2D eigenvalue weighted by molar-refractivity contribution is 0.119. The van der Waals surface area contributed by atoms with E-state index in [-0.39, 0.29) is 5.75 Å². The summed E-state index contributed by atoms with van der Waals surface area (Å²) < 4.78 is 33.2. The van der Waals surface area contributed by atoms with Gasteiger partial charge in [0.1, 0.15) is 0 Å². The van der Waals surface area contributed by atoms with Gasteiger partial charge in [-0.2, -0.15) is 4.39 Å². The maximum Gasteiger partial charge on any atom is 0.200 e. The van der Waals surface area contributed by atoms with Crippen LogP contribution in [0.15, 0.2) is 12.1 Å². The van der Waals surface area contributed by atoms with Gasteiger partial charge in [-0.25, -0.2) is 4.39 Å². The van der Waals surface area contributed by atoms with Crippen LogP contribution in [0.25, 0.3) is 0 Å². The van der Waals surface area contributed by atoms with Crippen LogP contribution in [0, 0.1) is 48.1 Å². The molecule has 1 nitrogen and oxygen atoms in total. The summed E-state index contributed by atoms with van der Waals surface area (Å²) in [6.07, 6.45) is 15.2. The molecule has 0 aromatic heterocycles. The van der Waals surface area contributed by atoms with E-state index in [9.17, 15) is 8.78 Å². The van der Waals surface area contributed by atoms with Gasteiger partial charge in [0.05, 0.1) is 6.61 Å². The first kappa shape index (κ1) is 19.2. The van der Waals surface area contributed by atoms with E-state index in [2.05, 4.69) is 0 Å². The molecule has 3 aliphatic carbocycles. The Morgan fingerprint density at radius 1 is 0.741 bits per heavy atom. The molecule has 1 aromatic rings. The highest BCUT2D eigenvalue weighted by Gasteiger charge is 2.33. The van der Waals surface area contributed by atoms with Crippen molar-refractivity contribution in [3.05, 3.63) is 29.3 Å². The van der Waals surface area contributed by atoms with E-state index in [1.54, 1.807) is 19.1 Å². The van der Waals surface area contributed by atoms with Crippen LogP contribution in [-0.4, -0.2) is 6.61 Å². The second-order valence-corrected chi connectivity index (χ2v) is 9.56. The van der Waals surface area contributed by atoms with Crippen molar-refractivity contribution in [3.63, 3.8) is 0 Å². The number of benzene rings is 1. The Bertz CT molecular complexity index is 624. The number of hydrogen-bond acceptors (Lipinski definition) is 1. The Kier molecular flexibility index (Phi) is 6.04. The van der Waals surface area contributed by atoms with Crippen LogP contribution in [0.4, 0.5) is 8.78 Å². The van der Waals surface area contributed by atoms with Crippen LogP contribution in [0.2, 0.25) is 0 Å². The summed E-state index contributed by atoms with van der Waals surface area (Å²) in [6, 6.07) is 3.14. The third-order valence-corrected chi connectivity index (χ3v) is 7.53. The average molecular weight is 377 g/mol. The van der Waals surface area contributed by atoms with Crippen LogP contribution in [0.3, 0.4) is 0 Å². The minimum Gasteiger partial charge on any atom is -0.490 e. The van der Waals surface area contributed by atoms with Crippen molar-refractivity contribution in [1.82, 2.24) is 0 Å². The highest BCUT2D eigenvalue weighted by Crippen LogP contribution is 2.45. The van der Waals surface area contributed by atoms with Gasteiger partial charge in [0.2, 0.25) is 5.82 Å². The molecule has 0 aliphatic heterocycles. The Morgan fingerprint density at radius 3 is 1.81 bits per heavy atom. The zero-order valence-electron chi connectivity index (χ0n) is 16.7. The molecule has 1 aromatic carbocycles. The van der Waals surface area contributed by atoms with Crippen molar-refractivity contribution < 1.29 is 13.5 Å². The largest absolute Gasteiger partial charge is 0.490 e. The highest BCUT2D eigenvalue weighted by atomic mass is 19.2. The molecule has 27 heavy (non-hydrogen) atoms. The fourth-order valence-electron chi connectivity index (χ4n) is 5.49. The van der Waals surface area contributed by atoms with Crippen LogP contribution >= 0.6 is 0 Å². The average Bonchev–Trinajstić information content (AvgIpc) is 3.51. The highest BCUT2D eigenvalue weighted by molar-refractivity contribution is 5.30. The lowest BCUT2D eigenvalue weighted by atomic mass is 9.69. The van der Waals surface area contributed by atoms with E-state index in [0.717, 1.165) is 23.7 Å². The van der Waals surface area contributed by atoms with Crippen LogP contribution < -0.4 is 4.74 Å². The van der Waals surface area contributed by atoms with Gasteiger partial charge < -0.3 is 4.74 Å². The molecule has 0 unspecified atom stereocenters. The van der Waals surface area contributed by atoms with E-state index in [0.29, 0.717) is 18.1 Å². The molecule has 0 spiro atoms. The van der Waals surface area contributed by atoms with Gasteiger partial charge >= 0.3 is 0 Å². The van der Waals surface area contributed by atoms with E-state index in [1.807, 2.05) is 0 Å². The normalized spacial score (nSPS) is 31.7. The molecule has 150 valence electrons. The summed E-state index contributed by atoms with van der Waals surface area (Å²) in [5.74, 6) is 2.84. The molecule has 0 heterocycles. The van der Waals surface area contributed by atoms with Crippen molar-refractivity contribution in [1.29, 1.82) is 0 Å². The van der Waals surface area contributed by atoms with Crippen LogP contribution in [0.5, 0.6) is 5.75 Å². The Hall–Kier alpha value is -1.12. The van der Waals surface area contributed by atoms with Gasteiger partial charge in [-0.05, 0) is 93.1 Å².